The molecule has 0 saturated carbocycles. The summed E-state index contributed by atoms with van der Waals surface area (Å²) >= 11 is 0. The van der Waals surface area contributed by atoms with Crippen LogP contribution in [-0.2, 0) is 23.9 Å². The third-order valence-electron chi connectivity index (χ3n) is 7.39. The predicted octanol–water partition coefficient (Wildman–Crippen LogP) is 3.43. The first kappa shape index (κ1) is 21.6. The molecule has 0 N–H and O–H groups in total. The second-order valence-corrected chi connectivity index (χ2v) is 10.3. The number of carbonyl (C=O) groups is 4. The summed E-state index contributed by atoms with van der Waals surface area (Å²) in [7, 11) is 0. The Morgan fingerprint density at radius 1 is 0.848 bits per heavy atom. The van der Waals surface area contributed by atoms with Crippen molar-refractivity contribution >= 4 is 23.6 Å². The summed E-state index contributed by atoms with van der Waals surface area (Å²) in [6.07, 6.45) is 0. The van der Waals surface area contributed by atoms with Crippen molar-refractivity contribution < 1.29 is 23.9 Å². The van der Waals surface area contributed by atoms with Crippen LogP contribution in [0.4, 0.5) is 0 Å². The fraction of sp³-hybridized carbons (Fsp3) is 0.407. The van der Waals surface area contributed by atoms with Crippen LogP contribution < -0.4 is 0 Å². The molecule has 0 aromatic heterocycles. The second-order valence-electron chi connectivity index (χ2n) is 10.3. The molecule has 2 amide bonds. The maximum absolute atomic E-state index is 13.6. The number of rotatable bonds is 4. The van der Waals surface area contributed by atoms with Gasteiger partial charge in [-0.1, -0.05) is 69.3 Å². The Morgan fingerprint density at radius 3 is 1.61 bits per heavy atom. The van der Waals surface area contributed by atoms with Crippen molar-refractivity contribution in [2.24, 2.45) is 17.3 Å². The monoisotopic (exact) mass is 445 g/mol. The van der Waals surface area contributed by atoms with Gasteiger partial charge in [0.2, 0.25) is 11.8 Å². The standard InChI is InChI=1S/C27H27NO5/c1-14(26(32)33-13-19(29)27(2,3)4)28-24(30)22-20-15-9-5-6-10-16(15)21(23(22)25(28)31)18-12-8-7-11-17(18)20/h5-12,14,20-23H,13H2,1-4H3/t14-,20?,21?,22-,23+/m1/s1. The molecule has 6 rings (SSSR count). The van der Waals surface area contributed by atoms with E-state index in [0.29, 0.717) is 0 Å². The third kappa shape index (κ3) is 3.07. The van der Waals surface area contributed by atoms with Gasteiger partial charge in [-0.15, -0.1) is 0 Å². The van der Waals surface area contributed by atoms with Crippen molar-refractivity contribution in [3.63, 3.8) is 0 Å². The Balaban J connectivity index is 1.47. The van der Waals surface area contributed by atoms with Gasteiger partial charge in [-0.2, -0.15) is 0 Å². The van der Waals surface area contributed by atoms with Crippen molar-refractivity contribution in [2.75, 3.05) is 6.61 Å². The lowest BCUT2D eigenvalue weighted by molar-refractivity contribution is -0.160. The molecule has 2 aromatic rings. The Labute approximate surface area is 192 Å². The Hall–Kier alpha value is -3.28. The molecule has 0 unspecified atom stereocenters. The number of likely N-dealkylation sites (tertiary alicyclic amines) is 1. The smallest absolute Gasteiger partial charge is 0.329 e. The largest absolute Gasteiger partial charge is 0.456 e. The highest BCUT2D eigenvalue weighted by Crippen LogP contribution is 2.61. The van der Waals surface area contributed by atoms with E-state index in [4.69, 9.17) is 4.74 Å². The number of Topliss-reactive ketones (excluding diaryl/α,β-unsaturated/α-hetero) is 1. The zero-order valence-corrected chi connectivity index (χ0v) is 19.2. The van der Waals surface area contributed by atoms with Crippen LogP contribution >= 0.6 is 0 Å². The topological polar surface area (TPSA) is 80.8 Å². The van der Waals surface area contributed by atoms with Crippen LogP contribution in [0.3, 0.4) is 0 Å². The van der Waals surface area contributed by atoms with Crippen LogP contribution in [0.15, 0.2) is 48.5 Å². The maximum Gasteiger partial charge on any atom is 0.329 e. The first-order valence-electron chi connectivity index (χ1n) is 11.4. The SMILES string of the molecule is C[C@H](C(=O)OCC(=O)C(C)(C)C)N1C(=O)[C@@H]2C3c4ccccc4C(c4ccccc43)[C@@H]2C1=O. The summed E-state index contributed by atoms with van der Waals surface area (Å²) in [6.45, 7) is 6.36. The number of ketones is 1. The zero-order chi connectivity index (χ0) is 23.7. The van der Waals surface area contributed by atoms with E-state index >= 15 is 0 Å². The molecule has 1 heterocycles. The molecule has 33 heavy (non-hydrogen) atoms. The molecule has 6 heteroatoms. The van der Waals surface area contributed by atoms with Gasteiger partial charge in [-0.25, -0.2) is 4.79 Å². The summed E-state index contributed by atoms with van der Waals surface area (Å²) in [5.74, 6) is -3.17. The van der Waals surface area contributed by atoms with E-state index in [1.807, 2.05) is 48.5 Å². The van der Waals surface area contributed by atoms with Crippen LogP contribution in [-0.4, -0.2) is 41.1 Å². The first-order chi connectivity index (χ1) is 15.6. The van der Waals surface area contributed by atoms with Crippen LogP contribution in [0.25, 0.3) is 0 Å². The number of benzene rings is 2. The van der Waals surface area contributed by atoms with Crippen molar-refractivity contribution in [3.05, 3.63) is 70.8 Å². The first-order valence-corrected chi connectivity index (χ1v) is 11.4. The number of esters is 1. The summed E-state index contributed by atoms with van der Waals surface area (Å²) < 4.78 is 5.21. The number of hydrogen-bond donors (Lipinski definition) is 0. The lowest BCUT2D eigenvalue weighted by atomic mass is 9.55. The molecular weight excluding hydrogens is 418 g/mol. The molecule has 2 bridgehead atoms. The Bertz CT molecular complexity index is 1080. The van der Waals surface area contributed by atoms with Gasteiger partial charge in [0, 0.05) is 17.3 Å². The van der Waals surface area contributed by atoms with Gasteiger partial charge in [0.1, 0.15) is 6.04 Å². The fourth-order valence-corrected chi connectivity index (χ4v) is 5.66. The lowest BCUT2D eigenvalue weighted by Gasteiger charge is -2.45. The van der Waals surface area contributed by atoms with Crippen LogP contribution in [0.2, 0.25) is 0 Å². The summed E-state index contributed by atoms with van der Waals surface area (Å²) in [5.41, 5.74) is 3.68. The molecule has 3 atom stereocenters. The van der Waals surface area contributed by atoms with Gasteiger partial charge in [0.05, 0.1) is 11.8 Å². The van der Waals surface area contributed by atoms with E-state index in [1.165, 1.54) is 6.92 Å². The number of carbonyl (C=O) groups excluding carboxylic acids is 4. The Kier molecular flexibility index (Phi) is 4.82. The summed E-state index contributed by atoms with van der Waals surface area (Å²) in [5, 5.41) is 0. The second kappa shape index (κ2) is 7.37. The fourth-order valence-electron chi connectivity index (χ4n) is 5.66. The van der Waals surface area contributed by atoms with E-state index in [-0.39, 0.29) is 36.0 Å². The quantitative estimate of drug-likeness (QED) is 0.532. The van der Waals surface area contributed by atoms with Gasteiger partial charge < -0.3 is 4.74 Å². The van der Waals surface area contributed by atoms with E-state index in [2.05, 4.69) is 0 Å². The average Bonchev–Trinajstić information content (AvgIpc) is 3.06. The maximum atomic E-state index is 13.6. The molecule has 1 fully saturated rings. The van der Waals surface area contributed by atoms with Crippen LogP contribution in [0, 0.1) is 17.3 Å². The highest BCUT2D eigenvalue weighted by Gasteiger charge is 2.62. The number of hydrogen-bond acceptors (Lipinski definition) is 5. The van der Waals surface area contributed by atoms with Crippen molar-refractivity contribution in [1.29, 1.82) is 0 Å². The number of ether oxygens (including phenoxy) is 1. The van der Waals surface area contributed by atoms with E-state index in [0.717, 1.165) is 27.2 Å². The normalized spacial score (nSPS) is 25.9. The molecule has 1 saturated heterocycles. The number of imide groups is 1. The molecule has 0 spiro atoms. The van der Waals surface area contributed by atoms with Gasteiger partial charge >= 0.3 is 5.97 Å². The number of amides is 2. The van der Waals surface area contributed by atoms with Crippen molar-refractivity contribution in [3.8, 4) is 0 Å². The molecular formula is C27H27NO5. The van der Waals surface area contributed by atoms with Crippen LogP contribution in [0.1, 0.15) is 61.8 Å². The minimum Gasteiger partial charge on any atom is -0.456 e. The minimum absolute atomic E-state index is 0.222. The Morgan fingerprint density at radius 2 is 1.24 bits per heavy atom. The molecule has 4 aliphatic rings. The molecule has 6 nitrogen and oxygen atoms in total. The third-order valence-corrected chi connectivity index (χ3v) is 7.39. The molecule has 170 valence electrons. The van der Waals surface area contributed by atoms with Gasteiger partial charge in [-0.3, -0.25) is 19.3 Å². The van der Waals surface area contributed by atoms with Gasteiger partial charge in [0.15, 0.2) is 12.4 Å². The van der Waals surface area contributed by atoms with Crippen molar-refractivity contribution in [2.45, 2.75) is 45.6 Å². The molecule has 3 aliphatic carbocycles. The minimum atomic E-state index is -1.09. The lowest BCUT2D eigenvalue weighted by Crippen LogP contribution is -2.45. The van der Waals surface area contributed by atoms with Crippen LogP contribution in [0.5, 0.6) is 0 Å². The predicted molar refractivity (Wildman–Crippen MR) is 120 cm³/mol. The molecule has 2 aromatic carbocycles. The molecule has 0 radical (unpaired) electrons. The highest BCUT2D eigenvalue weighted by molar-refractivity contribution is 6.10. The van der Waals surface area contributed by atoms with E-state index < -0.39 is 29.3 Å². The van der Waals surface area contributed by atoms with Gasteiger partial charge in [-0.05, 0) is 29.2 Å². The summed E-state index contributed by atoms with van der Waals surface area (Å²) in [6, 6.07) is 14.9. The highest BCUT2D eigenvalue weighted by atomic mass is 16.5. The zero-order valence-electron chi connectivity index (χ0n) is 19.2. The van der Waals surface area contributed by atoms with Crippen molar-refractivity contribution in [1.82, 2.24) is 4.90 Å². The molecule has 1 aliphatic heterocycles. The van der Waals surface area contributed by atoms with E-state index in [9.17, 15) is 19.2 Å². The van der Waals surface area contributed by atoms with E-state index in [1.54, 1.807) is 20.8 Å². The number of nitrogens with zero attached hydrogens (tertiary/aromatic N) is 1. The average molecular weight is 446 g/mol. The summed E-state index contributed by atoms with van der Waals surface area (Å²) in [4.78, 5) is 53.3. The van der Waals surface area contributed by atoms with Gasteiger partial charge in [0.25, 0.3) is 0 Å².